The van der Waals surface area contributed by atoms with Gasteiger partial charge in [-0.3, -0.25) is 0 Å². The molecular weight excluding hydrogens is 703 g/mol. The van der Waals surface area contributed by atoms with E-state index in [4.69, 9.17) is 4.42 Å². The zero-order valence-corrected chi connectivity index (χ0v) is 33.5. The summed E-state index contributed by atoms with van der Waals surface area (Å²) in [6.45, 7) is 13.4. The Hall–Kier alpha value is -6.78. The summed E-state index contributed by atoms with van der Waals surface area (Å²) in [7, 11) is 0. The van der Waals surface area contributed by atoms with E-state index in [2.05, 4.69) is 178 Å². The van der Waals surface area contributed by atoms with Gasteiger partial charge in [-0.1, -0.05) is 102 Å². The smallest absolute Gasteiger partial charge is 0.333 e. The second-order valence-electron chi connectivity index (χ2n) is 17.2. The third kappa shape index (κ3) is 3.95. The number of aromatic nitrogens is 2. The van der Waals surface area contributed by atoms with Crippen LogP contribution >= 0.6 is 0 Å². The van der Waals surface area contributed by atoms with E-state index in [9.17, 15) is 0 Å². The van der Waals surface area contributed by atoms with Crippen molar-refractivity contribution in [3.63, 3.8) is 0 Å². The van der Waals surface area contributed by atoms with Crippen molar-refractivity contribution in [3.8, 4) is 39.1 Å². The van der Waals surface area contributed by atoms with Crippen LogP contribution in [-0.4, -0.2) is 15.9 Å². The molecule has 4 heteroatoms. The fraction of sp³-hybridized carbons (Fsp3) is 0.111. The lowest BCUT2D eigenvalue weighted by Crippen LogP contribution is -2.55. The Kier molecular flexibility index (Phi) is 6.13. The van der Waals surface area contributed by atoms with Gasteiger partial charge in [0.2, 0.25) is 0 Å². The molecule has 0 fully saturated rings. The Morgan fingerprint density at radius 2 is 1.12 bits per heavy atom. The maximum Gasteiger partial charge on any atom is 0.333 e. The Morgan fingerprint density at radius 1 is 0.466 bits per heavy atom. The van der Waals surface area contributed by atoms with E-state index in [0.717, 1.165) is 16.6 Å². The summed E-state index contributed by atoms with van der Waals surface area (Å²) in [4.78, 5) is 0. The highest BCUT2D eigenvalue weighted by molar-refractivity contribution is 6.90. The minimum atomic E-state index is -0.0632. The van der Waals surface area contributed by atoms with Crippen LogP contribution in [0.3, 0.4) is 0 Å². The van der Waals surface area contributed by atoms with E-state index < -0.39 is 0 Å². The number of furan rings is 1. The summed E-state index contributed by atoms with van der Waals surface area (Å²) < 4.78 is 12.1. The second kappa shape index (κ2) is 11.0. The molecule has 0 unspecified atom stereocenters. The predicted molar refractivity (Wildman–Crippen MR) is 246 cm³/mol. The van der Waals surface area contributed by atoms with Crippen LogP contribution in [0.4, 0.5) is 0 Å². The lowest BCUT2D eigenvalue weighted by Gasteiger charge is -2.34. The topological polar surface area (TPSA) is 23.0 Å². The fourth-order valence-corrected chi connectivity index (χ4v) is 11.8. The number of rotatable bonds is 2. The van der Waals surface area contributed by atoms with Crippen molar-refractivity contribution in [2.75, 3.05) is 0 Å². The number of hydrogen-bond donors (Lipinski definition) is 0. The zero-order chi connectivity index (χ0) is 38.9. The molecule has 0 radical (unpaired) electrons. The highest BCUT2D eigenvalue weighted by Crippen LogP contribution is 2.48. The number of hydrogen-bond acceptors (Lipinski definition) is 1. The van der Waals surface area contributed by atoms with Crippen LogP contribution < -0.4 is 10.9 Å². The summed E-state index contributed by atoms with van der Waals surface area (Å²) in [6.07, 6.45) is 0. The quantitative estimate of drug-likeness (QED) is 0.162. The maximum atomic E-state index is 6.84. The van der Waals surface area contributed by atoms with Crippen molar-refractivity contribution in [1.82, 2.24) is 9.05 Å². The van der Waals surface area contributed by atoms with Crippen LogP contribution in [0.25, 0.3) is 105 Å². The van der Waals surface area contributed by atoms with Gasteiger partial charge >= 0.3 is 6.85 Å². The van der Waals surface area contributed by atoms with Gasteiger partial charge in [-0.2, -0.15) is 0 Å². The van der Waals surface area contributed by atoms with Crippen LogP contribution in [0.1, 0.15) is 33.4 Å². The van der Waals surface area contributed by atoms with Crippen molar-refractivity contribution >= 4 is 83.3 Å². The minimum Gasteiger partial charge on any atom is -0.456 e. The number of aryl methyl sites for hydroxylation is 6. The van der Waals surface area contributed by atoms with Crippen LogP contribution in [0.2, 0.25) is 0 Å². The van der Waals surface area contributed by atoms with Gasteiger partial charge in [0.05, 0.1) is 11.0 Å². The van der Waals surface area contributed by atoms with Crippen LogP contribution in [-0.2, 0) is 0 Å². The molecule has 0 spiro atoms. The molecule has 0 N–H and O–H groups in total. The van der Waals surface area contributed by atoms with E-state index in [-0.39, 0.29) is 6.85 Å². The molecule has 274 valence electrons. The van der Waals surface area contributed by atoms with Crippen molar-refractivity contribution in [1.29, 1.82) is 0 Å². The molecule has 13 rings (SSSR count). The van der Waals surface area contributed by atoms with Gasteiger partial charge in [-0.05, 0) is 133 Å². The Bertz CT molecular complexity index is 3660. The number of para-hydroxylation sites is 3. The maximum absolute atomic E-state index is 6.84. The molecule has 0 bridgehead atoms. The van der Waals surface area contributed by atoms with E-state index in [1.165, 1.54) is 132 Å². The minimum absolute atomic E-state index is 0.0632. The SMILES string of the molecule is Cc1cc(C)c(-c2ccc3c(c2)c2cc(-c4c(C)cc(C)cc4C)cc4c2n3-c2cc3oc5ccccc5c3c3c2B4n2c4ccccc4c4cccc-3c42)c(C)c1. The number of fused-ring (bicyclic) bond motifs is 14. The zero-order valence-electron chi connectivity index (χ0n) is 33.5. The molecule has 0 saturated heterocycles. The summed E-state index contributed by atoms with van der Waals surface area (Å²) >= 11 is 0. The molecular formula is C54H39BN2O. The fourth-order valence-electron chi connectivity index (χ4n) is 11.8. The van der Waals surface area contributed by atoms with Crippen LogP contribution in [0, 0.1) is 41.5 Å². The van der Waals surface area contributed by atoms with Gasteiger partial charge in [-0.15, -0.1) is 0 Å². The van der Waals surface area contributed by atoms with Crippen molar-refractivity contribution in [2.24, 2.45) is 0 Å². The molecule has 2 aliphatic rings. The molecule has 2 aliphatic heterocycles. The number of nitrogens with zero attached hydrogens (tertiary/aromatic N) is 2. The largest absolute Gasteiger partial charge is 0.456 e. The lowest BCUT2D eigenvalue weighted by atomic mass is 9.45. The summed E-state index contributed by atoms with van der Waals surface area (Å²) in [5.41, 5.74) is 26.4. The molecule has 0 saturated carbocycles. The molecule has 0 aliphatic carbocycles. The standard InChI is InChI=1S/C54H39BN2O/c1-28-20-30(3)48(31(4)21-28)34-18-19-43-40(24-34)41-25-35(49-32(5)22-29(2)23-33(49)6)26-42-54(41)56(43)45-27-47-50(38-13-8-10-17-46(38)58-47)51-39-15-11-14-37-36-12-7-9-16-44(36)57(53(37)39)55(42)52(45)51/h7-27H,1-6H3. The molecule has 58 heavy (non-hydrogen) atoms. The van der Waals surface area contributed by atoms with Crippen molar-refractivity contribution in [3.05, 3.63) is 161 Å². The second-order valence-corrected chi connectivity index (χ2v) is 17.2. The highest BCUT2D eigenvalue weighted by Gasteiger charge is 2.43. The van der Waals surface area contributed by atoms with Crippen LogP contribution in [0.15, 0.2) is 132 Å². The first kappa shape index (κ1) is 32.3. The average molecular weight is 743 g/mol. The summed E-state index contributed by atoms with van der Waals surface area (Å²) in [6, 6.07) is 48.4. The first-order valence-corrected chi connectivity index (χ1v) is 20.5. The van der Waals surface area contributed by atoms with Gasteiger partial charge in [0.15, 0.2) is 0 Å². The monoisotopic (exact) mass is 742 g/mol. The normalized spacial score (nSPS) is 13.0. The number of benzene rings is 8. The third-order valence-corrected chi connectivity index (χ3v) is 13.6. The Morgan fingerprint density at radius 3 is 1.88 bits per heavy atom. The van der Waals surface area contributed by atoms with Gasteiger partial charge in [-0.25, -0.2) is 0 Å². The molecule has 5 heterocycles. The summed E-state index contributed by atoms with van der Waals surface area (Å²) in [5.74, 6) is 0. The molecule has 11 aromatic rings. The molecule has 3 aromatic heterocycles. The highest BCUT2D eigenvalue weighted by atomic mass is 16.3. The summed E-state index contributed by atoms with van der Waals surface area (Å²) in [5, 5.41) is 7.51. The van der Waals surface area contributed by atoms with Crippen LogP contribution in [0.5, 0.6) is 0 Å². The Labute approximate surface area is 336 Å². The van der Waals surface area contributed by atoms with Crippen molar-refractivity contribution in [2.45, 2.75) is 41.5 Å². The first-order valence-electron chi connectivity index (χ1n) is 20.5. The first-order chi connectivity index (χ1) is 28.2. The van der Waals surface area contributed by atoms with E-state index in [0.29, 0.717) is 0 Å². The Balaban J connectivity index is 1.27. The van der Waals surface area contributed by atoms with Crippen molar-refractivity contribution < 1.29 is 4.42 Å². The molecule has 0 atom stereocenters. The lowest BCUT2D eigenvalue weighted by molar-refractivity contribution is 0.669. The molecule has 3 nitrogen and oxygen atoms in total. The predicted octanol–water partition coefficient (Wildman–Crippen LogP) is 12.9. The third-order valence-electron chi connectivity index (χ3n) is 13.6. The average Bonchev–Trinajstić information content (AvgIpc) is 3.85. The van der Waals surface area contributed by atoms with Gasteiger partial charge in [0.25, 0.3) is 0 Å². The molecule has 0 amide bonds. The van der Waals surface area contributed by atoms with E-state index >= 15 is 0 Å². The van der Waals surface area contributed by atoms with Gasteiger partial charge in [0, 0.05) is 60.7 Å². The van der Waals surface area contributed by atoms with Gasteiger partial charge < -0.3 is 13.5 Å². The van der Waals surface area contributed by atoms with E-state index in [1.807, 2.05) is 0 Å². The van der Waals surface area contributed by atoms with Gasteiger partial charge in [0.1, 0.15) is 11.2 Å². The molecule has 8 aromatic carbocycles. The van der Waals surface area contributed by atoms with E-state index in [1.54, 1.807) is 0 Å².